The number of carbonyl (C=O) groups is 2. The van der Waals surface area contributed by atoms with Gasteiger partial charge in [-0.3, -0.25) is 9.78 Å². The summed E-state index contributed by atoms with van der Waals surface area (Å²) in [7, 11) is 3.45. The summed E-state index contributed by atoms with van der Waals surface area (Å²) >= 11 is 0. The highest BCUT2D eigenvalue weighted by molar-refractivity contribution is 5.90. The van der Waals surface area contributed by atoms with E-state index in [-0.39, 0.29) is 17.8 Å². The highest BCUT2D eigenvalue weighted by Gasteiger charge is 2.37. The minimum absolute atomic E-state index is 0.109. The van der Waals surface area contributed by atoms with Crippen molar-refractivity contribution in [1.82, 2.24) is 34.9 Å². The molecule has 3 aromatic rings. The van der Waals surface area contributed by atoms with Gasteiger partial charge in [0.15, 0.2) is 5.82 Å². The molecule has 0 radical (unpaired) electrons. The van der Waals surface area contributed by atoms with Crippen LogP contribution in [0, 0.1) is 0 Å². The largest absolute Gasteiger partial charge is 0.345 e. The molecule has 3 heterocycles. The minimum atomic E-state index is -0.413. The van der Waals surface area contributed by atoms with E-state index in [1.54, 1.807) is 40.9 Å². The zero-order chi connectivity index (χ0) is 21.1. The van der Waals surface area contributed by atoms with Crippen LogP contribution in [0.5, 0.6) is 0 Å². The quantitative estimate of drug-likeness (QED) is 0.713. The Hall–Kier alpha value is -3.75. The highest BCUT2D eigenvalue weighted by atomic mass is 16.2. The van der Waals surface area contributed by atoms with E-state index in [1.807, 2.05) is 42.5 Å². The molecule has 2 aromatic heterocycles. The first-order chi connectivity index (χ1) is 14.6. The summed E-state index contributed by atoms with van der Waals surface area (Å²) in [6.07, 6.45) is 3.36. The molecule has 0 saturated carbocycles. The van der Waals surface area contributed by atoms with Gasteiger partial charge in [0.1, 0.15) is 6.04 Å². The van der Waals surface area contributed by atoms with E-state index in [4.69, 9.17) is 0 Å². The van der Waals surface area contributed by atoms with Crippen LogP contribution in [0.1, 0.15) is 33.6 Å². The number of carbonyl (C=O) groups excluding carboxylic acids is 2. The molecule has 9 nitrogen and oxygen atoms in total. The maximum Gasteiger partial charge on any atom is 0.320 e. The monoisotopic (exact) mass is 405 g/mol. The van der Waals surface area contributed by atoms with Gasteiger partial charge in [0.25, 0.3) is 5.91 Å². The molecule has 30 heavy (non-hydrogen) atoms. The Kier molecular flexibility index (Phi) is 5.42. The van der Waals surface area contributed by atoms with Gasteiger partial charge in [0, 0.05) is 46.1 Å². The van der Waals surface area contributed by atoms with Crippen molar-refractivity contribution >= 4 is 11.9 Å². The number of benzene rings is 1. The fraction of sp³-hybridized carbons (Fsp3) is 0.286. The summed E-state index contributed by atoms with van der Waals surface area (Å²) in [6.45, 7) is 1.27. The number of amides is 3. The van der Waals surface area contributed by atoms with Crippen molar-refractivity contribution < 1.29 is 9.59 Å². The lowest BCUT2D eigenvalue weighted by atomic mass is 10.0. The minimum Gasteiger partial charge on any atom is -0.345 e. The molecule has 1 N–H and O–H groups in total. The van der Waals surface area contributed by atoms with E-state index in [0.717, 1.165) is 11.1 Å². The topological polar surface area (TPSA) is 96.2 Å². The van der Waals surface area contributed by atoms with Crippen molar-refractivity contribution in [2.24, 2.45) is 0 Å². The first kappa shape index (κ1) is 19.6. The summed E-state index contributed by atoms with van der Waals surface area (Å²) in [5.41, 5.74) is 1.87. The predicted molar refractivity (Wildman–Crippen MR) is 110 cm³/mol. The van der Waals surface area contributed by atoms with Gasteiger partial charge < -0.3 is 19.7 Å². The summed E-state index contributed by atoms with van der Waals surface area (Å²) in [4.78, 5) is 32.9. The summed E-state index contributed by atoms with van der Waals surface area (Å²) in [5.74, 6) is 0.526. The second kappa shape index (κ2) is 8.32. The molecule has 0 bridgehead atoms. The Balaban J connectivity index is 1.63. The van der Waals surface area contributed by atoms with Crippen LogP contribution in [0.2, 0.25) is 0 Å². The van der Waals surface area contributed by atoms with Gasteiger partial charge >= 0.3 is 6.03 Å². The standard InChI is InChI=1S/C21H23N7O2/c1-26(2)21(30)27-12-13-28-18(17(27)16-6-4-3-5-7-16)24-25-19(28)20(29)23-14-15-8-10-22-11-9-15/h3-11,17H,12-14H2,1-2H3,(H,23,29). The van der Waals surface area contributed by atoms with E-state index in [1.165, 1.54) is 0 Å². The average Bonchev–Trinajstić information content (AvgIpc) is 3.21. The van der Waals surface area contributed by atoms with Crippen molar-refractivity contribution in [3.05, 3.63) is 77.6 Å². The molecule has 1 aliphatic rings. The molecule has 3 amide bonds. The van der Waals surface area contributed by atoms with E-state index >= 15 is 0 Å². The molecule has 9 heteroatoms. The molecule has 1 atom stereocenters. The molecule has 0 aliphatic carbocycles. The third kappa shape index (κ3) is 3.73. The van der Waals surface area contributed by atoms with Crippen molar-refractivity contribution in [2.45, 2.75) is 19.1 Å². The van der Waals surface area contributed by atoms with Crippen LogP contribution in [0.3, 0.4) is 0 Å². The normalized spacial score (nSPS) is 15.4. The van der Waals surface area contributed by atoms with E-state index < -0.39 is 6.04 Å². The highest BCUT2D eigenvalue weighted by Crippen LogP contribution is 2.31. The third-order valence-corrected chi connectivity index (χ3v) is 5.05. The number of pyridine rings is 1. The predicted octanol–water partition coefficient (Wildman–Crippen LogP) is 1.69. The molecule has 0 spiro atoms. The molecule has 154 valence electrons. The zero-order valence-corrected chi connectivity index (χ0v) is 16.9. The molecule has 4 rings (SSSR count). The van der Waals surface area contributed by atoms with Gasteiger partial charge in [-0.05, 0) is 23.3 Å². The Bertz CT molecular complexity index is 1030. The summed E-state index contributed by atoms with van der Waals surface area (Å²) in [6, 6.07) is 12.8. The van der Waals surface area contributed by atoms with Crippen LogP contribution >= 0.6 is 0 Å². The maximum absolute atomic E-state index is 12.8. The van der Waals surface area contributed by atoms with Gasteiger partial charge in [-0.2, -0.15) is 0 Å². The second-order valence-corrected chi connectivity index (χ2v) is 7.26. The van der Waals surface area contributed by atoms with Crippen molar-refractivity contribution in [3.63, 3.8) is 0 Å². The fourth-order valence-electron chi connectivity index (χ4n) is 3.57. The SMILES string of the molecule is CN(C)C(=O)N1CCn2c(C(=O)NCc3ccncc3)nnc2C1c1ccccc1. The van der Waals surface area contributed by atoms with Crippen LogP contribution in [-0.4, -0.2) is 62.1 Å². The van der Waals surface area contributed by atoms with Crippen molar-refractivity contribution in [3.8, 4) is 0 Å². The number of nitrogens with one attached hydrogen (secondary N) is 1. The molecule has 1 aromatic carbocycles. The van der Waals surface area contributed by atoms with Crippen molar-refractivity contribution in [2.75, 3.05) is 20.6 Å². The molecular formula is C21H23N7O2. The van der Waals surface area contributed by atoms with Gasteiger partial charge in [-0.25, -0.2) is 4.79 Å². The van der Waals surface area contributed by atoms with Gasteiger partial charge in [-0.1, -0.05) is 30.3 Å². The average molecular weight is 405 g/mol. The van der Waals surface area contributed by atoms with Gasteiger partial charge in [0.2, 0.25) is 5.82 Å². The molecule has 0 saturated heterocycles. The number of urea groups is 1. The molecular weight excluding hydrogens is 382 g/mol. The Morgan fingerprint density at radius 1 is 1.07 bits per heavy atom. The summed E-state index contributed by atoms with van der Waals surface area (Å²) < 4.78 is 1.80. The Labute approximate surface area is 174 Å². The van der Waals surface area contributed by atoms with Crippen LogP contribution in [0.4, 0.5) is 4.79 Å². The smallest absolute Gasteiger partial charge is 0.320 e. The Morgan fingerprint density at radius 2 is 1.80 bits per heavy atom. The number of hydrogen-bond donors (Lipinski definition) is 1. The molecule has 0 fully saturated rings. The number of nitrogens with zero attached hydrogens (tertiary/aromatic N) is 6. The zero-order valence-electron chi connectivity index (χ0n) is 16.9. The van der Waals surface area contributed by atoms with Gasteiger partial charge in [-0.15, -0.1) is 10.2 Å². The maximum atomic E-state index is 12.8. The number of rotatable bonds is 4. The lowest BCUT2D eigenvalue weighted by molar-refractivity contribution is 0.0931. The number of fused-ring (bicyclic) bond motifs is 1. The second-order valence-electron chi connectivity index (χ2n) is 7.26. The van der Waals surface area contributed by atoms with E-state index in [0.29, 0.717) is 25.5 Å². The van der Waals surface area contributed by atoms with Crippen molar-refractivity contribution in [1.29, 1.82) is 0 Å². The fourth-order valence-corrected chi connectivity index (χ4v) is 3.57. The summed E-state index contributed by atoms with van der Waals surface area (Å²) in [5, 5.41) is 11.4. The lowest BCUT2D eigenvalue weighted by Crippen LogP contribution is -2.47. The van der Waals surface area contributed by atoms with Crippen LogP contribution in [-0.2, 0) is 13.1 Å². The molecule has 1 aliphatic heterocycles. The Morgan fingerprint density at radius 3 is 2.50 bits per heavy atom. The van der Waals surface area contributed by atoms with Gasteiger partial charge in [0.05, 0.1) is 0 Å². The first-order valence-electron chi connectivity index (χ1n) is 9.69. The number of hydrogen-bond acceptors (Lipinski definition) is 5. The molecule has 1 unspecified atom stereocenters. The van der Waals surface area contributed by atoms with E-state index in [2.05, 4.69) is 20.5 Å². The van der Waals surface area contributed by atoms with Crippen LogP contribution < -0.4 is 5.32 Å². The van der Waals surface area contributed by atoms with Crippen LogP contribution in [0.15, 0.2) is 54.9 Å². The van der Waals surface area contributed by atoms with E-state index in [9.17, 15) is 9.59 Å². The lowest BCUT2D eigenvalue weighted by Gasteiger charge is -2.37. The third-order valence-electron chi connectivity index (χ3n) is 5.05. The van der Waals surface area contributed by atoms with Crippen LogP contribution in [0.25, 0.3) is 0 Å². The first-order valence-corrected chi connectivity index (χ1v) is 9.69. The number of aromatic nitrogens is 4.